The zero-order valence-corrected chi connectivity index (χ0v) is 13.7. The minimum Gasteiger partial charge on any atom is -0.369 e. The van der Waals surface area contributed by atoms with Crippen LogP contribution in [0.25, 0.3) is 0 Å². The molecule has 0 bridgehead atoms. The van der Waals surface area contributed by atoms with Gasteiger partial charge in [0, 0.05) is 23.2 Å². The van der Waals surface area contributed by atoms with Gasteiger partial charge in [0.15, 0.2) is 6.54 Å². The van der Waals surface area contributed by atoms with Gasteiger partial charge in [0.05, 0.1) is 18.8 Å². The highest BCUT2D eigenvalue weighted by atomic mass is 79.9. The van der Waals surface area contributed by atoms with Crippen LogP contribution in [0.4, 0.5) is 5.69 Å². The fraction of sp³-hybridized carbons (Fsp3) is 0.467. The molecular weight excluding hydrogens is 334 g/mol. The summed E-state index contributed by atoms with van der Waals surface area (Å²) >= 11 is 3.45. The standard InChI is InChI=1S/C15H20BrN3O2/c1-10-2-3-13(12(16)8-10)18-14(20)9-19-6-4-11(5-7-19)15(17)21/h2-3,8,11H,4-7,9H2,1H3,(H2,17,21)(H,18,20)/p+1. The summed E-state index contributed by atoms with van der Waals surface area (Å²) < 4.78 is 0.887. The molecule has 21 heavy (non-hydrogen) atoms. The molecule has 1 fully saturated rings. The van der Waals surface area contributed by atoms with Gasteiger partial charge < -0.3 is 16.0 Å². The van der Waals surface area contributed by atoms with Crippen LogP contribution >= 0.6 is 15.9 Å². The molecule has 0 spiro atoms. The summed E-state index contributed by atoms with van der Waals surface area (Å²) in [6.45, 7) is 4.06. The van der Waals surface area contributed by atoms with Gasteiger partial charge in [-0.25, -0.2) is 0 Å². The predicted molar refractivity (Wildman–Crippen MR) is 85.0 cm³/mol. The van der Waals surface area contributed by atoms with Crippen LogP contribution in [0.3, 0.4) is 0 Å². The highest BCUT2D eigenvalue weighted by Crippen LogP contribution is 2.23. The van der Waals surface area contributed by atoms with Crippen molar-refractivity contribution in [2.45, 2.75) is 19.8 Å². The lowest BCUT2D eigenvalue weighted by Crippen LogP contribution is -3.14. The van der Waals surface area contributed by atoms with Gasteiger partial charge in [-0.3, -0.25) is 9.59 Å². The maximum Gasteiger partial charge on any atom is 0.279 e. The molecule has 1 aliphatic rings. The molecule has 1 heterocycles. The Bertz CT molecular complexity index is 540. The van der Waals surface area contributed by atoms with Crippen LogP contribution < -0.4 is 16.0 Å². The van der Waals surface area contributed by atoms with Gasteiger partial charge in [0.1, 0.15) is 0 Å². The van der Waals surface area contributed by atoms with Crippen LogP contribution in [0.15, 0.2) is 22.7 Å². The number of quaternary nitrogens is 1. The van der Waals surface area contributed by atoms with Gasteiger partial charge in [0.25, 0.3) is 5.91 Å². The molecule has 1 aromatic rings. The molecule has 0 radical (unpaired) electrons. The lowest BCUT2D eigenvalue weighted by Gasteiger charge is -2.27. The number of halogens is 1. The second-order valence-electron chi connectivity index (χ2n) is 5.63. The number of hydrogen-bond acceptors (Lipinski definition) is 2. The highest BCUT2D eigenvalue weighted by Gasteiger charge is 2.27. The van der Waals surface area contributed by atoms with Gasteiger partial charge in [-0.2, -0.15) is 0 Å². The van der Waals surface area contributed by atoms with Crippen molar-refractivity contribution in [3.63, 3.8) is 0 Å². The van der Waals surface area contributed by atoms with Crippen LogP contribution in [0, 0.1) is 12.8 Å². The van der Waals surface area contributed by atoms with Crippen molar-refractivity contribution in [3.8, 4) is 0 Å². The third kappa shape index (κ3) is 4.54. The number of piperidine rings is 1. The number of carbonyl (C=O) groups excluding carboxylic acids is 2. The second kappa shape index (κ2) is 7.04. The normalized spacial score (nSPS) is 21.8. The van der Waals surface area contributed by atoms with Crippen molar-refractivity contribution >= 4 is 33.4 Å². The summed E-state index contributed by atoms with van der Waals surface area (Å²) in [5, 5.41) is 2.92. The average Bonchev–Trinajstić information content (AvgIpc) is 2.42. The number of rotatable bonds is 4. The SMILES string of the molecule is Cc1ccc(NC(=O)C[NH+]2CCC(C(N)=O)CC2)c(Br)c1. The molecule has 0 saturated carbocycles. The number of anilines is 1. The monoisotopic (exact) mass is 354 g/mol. The van der Waals surface area contributed by atoms with Crippen molar-refractivity contribution in [1.29, 1.82) is 0 Å². The number of nitrogens with one attached hydrogen (secondary N) is 2. The number of carbonyl (C=O) groups is 2. The van der Waals surface area contributed by atoms with Crippen molar-refractivity contribution in [2.75, 3.05) is 25.0 Å². The van der Waals surface area contributed by atoms with Crippen LogP contribution in [0.5, 0.6) is 0 Å². The molecule has 0 aromatic heterocycles. The lowest BCUT2D eigenvalue weighted by molar-refractivity contribution is -0.897. The Kier molecular flexibility index (Phi) is 5.36. The molecule has 0 atom stereocenters. The lowest BCUT2D eigenvalue weighted by atomic mass is 9.96. The van der Waals surface area contributed by atoms with E-state index >= 15 is 0 Å². The van der Waals surface area contributed by atoms with E-state index in [1.165, 1.54) is 4.90 Å². The van der Waals surface area contributed by atoms with Crippen LogP contribution in [-0.2, 0) is 9.59 Å². The molecule has 2 rings (SSSR count). The van der Waals surface area contributed by atoms with Crippen molar-refractivity contribution in [2.24, 2.45) is 11.7 Å². The van der Waals surface area contributed by atoms with Crippen molar-refractivity contribution in [1.82, 2.24) is 0 Å². The zero-order chi connectivity index (χ0) is 15.4. The van der Waals surface area contributed by atoms with Gasteiger partial charge in [-0.05, 0) is 40.5 Å². The Hall–Kier alpha value is -1.40. The van der Waals surface area contributed by atoms with E-state index in [-0.39, 0.29) is 17.7 Å². The largest absolute Gasteiger partial charge is 0.369 e. The highest BCUT2D eigenvalue weighted by molar-refractivity contribution is 9.10. The van der Waals surface area contributed by atoms with E-state index in [1.54, 1.807) is 0 Å². The van der Waals surface area contributed by atoms with E-state index < -0.39 is 0 Å². The fourth-order valence-electron chi connectivity index (χ4n) is 2.63. The van der Waals surface area contributed by atoms with E-state index in [4.69, 9.17) is 5.73 Å². The number of hydrogen-bond donors (Lipinski definition) is 3. The van der Waals surface area contributed by atoms with Crippen molar-refractivity contribution < 1.29 is 14.5 Å². The summed E-state index contributed by atoms with van der Waals surface area (Å²) in [5.74, 6) is -0.253. The summed E-state index contributed by atoms with van der Waals surface area (Å²) in [4.78, 5) is 24.4. The first kappa shape index (κ1) is 16.0. The second-order valence-corrected chi connectivity index (χ2v) is 6.49. The molecule has 6 heteroatoms. The number of benzene rings is 1. The molecule has 1 saturated heterocycles. The molecule has 4 N–H and O–H groups in total. The topological polar surface area (TPSA) is 76.6 Å². The number of nitrogens with two attached hydrogens (primary N) is 1. The first-order valence-electron chi connectivity index (χ1n) is 7.14. The summed E-state index contributed by atoms with van der Waals surface area (Å²) in [6.07, 6.45) is 1.54. The van der Waals surface area contributed by atoms with Crippen LogP contribution in [0.2, 0.25) is 0 Å². The summed E-state index contributed by atoms with van der Waals surface area (Å²) in [6, 6.07) is 5.83. The average molecular weight is 355 g/mol. The molecule has 2 amide bonds. The fourth-order valence-corrected chi connectivity index (χ4v) is 3.22. The van der Waals surface area contributed by atoms with Crippen LogP contribution in [0.1, 0.15) is 18.4 Å². The van der Waals surface area contributed by atoms with E-state index in [1.807, 2.05) is 25.1 Å². The number of likely N-dealkylation sites (tertiary alicyclic amines) is 1. The summed E-state index contributed by atoms with van der Waals surface area (Å²) in [7, 11) is 0. The molecule has 1 aromatic carbocycles. The van der Waals surface area contributed by atoms with Crippen LogP contribution in [-0.4, -0.2) is 31.4 Å². The Morgan fingerprint density at radius 1 is 1.38 bits per heavy atom. The Labute approximate surface area is 133 Å². The number of amides is 2. The van der Waals surface area contributed by atoms with Crippen molar-refractivity contribution in [3.05, 3.63) is 28.2 Å². The third-order valence-corrected chi connectivity index (χ3v) is 4.56. The minimum absolute atomic E-state index is 0.00734. The van der Waals surface area contributed by atoms with Gasteiger partial charge in [-0.15, -0.1) is 0 Å². The molecule has 1 aliphatic heterocycles. The van der Waals surface area contributed by atoms with Gasteiger partial charge >= 0.3 is 0 Å². The van der Waals surface area contributed by atoms with E-state index in [9.17, 15) is 9.59 Å². The van der Waals surface area contributed by atoms with E-state index in [0.717, 1.165) is 41.7 Å². The molecule has 0 unspecified atom stereocenters. The molecular formula is C15H21BrN3O2+. The molecule has 0 aliphatic carbocycles. The number of primary amides is 1. The first-order valence-corrected chi connectivity index (χ1v) is 7.94. The minimum atomic E-state index is -0.220. The Balaban J connectivity index is 1.84. The van der Waals surface area contributed by atoms with Gasteiger partial charge in [0.2, 0.25) is 5.91 Å². The quantitative estimate of drug-likeness (QED) is 0.735. The maximum atomic E-state index is 12.1. The number of aryl methyl sites for hydroxylation is 1. The summed E-state index contributed by atoms with van der Waals surface area (Å²) in [5.41, 5.74) is 7.24. The predicted octanol–water partition coefficient (Wildman–Crippen LogP) is 0.476. The molecule has 5 nitrogen and oxygen atoms in total. The first-order chi connectivity index (χ1) is 9.95. The Morgan fingerprint density at radius 2 is 2.05 bits per heavy atom. The van der Waals surface area contributed by atoms with E-state index in [0.29, 0.717) is 6.54 Å². The Morgan fingerprint density at radius 3 is 2.62 bits per heavy atom. The van der Waals surface area contributed by atoms with Gasteiger partial charge in [-0.1, -0.05) is 6.07 Å². The maximum absolute atomic E-state index is 12.1. The molecule has 114 valence electrons. The zero-order valence-electron chi connectivity index (χ0n) is 12.1. The smallest absolute Gasteiger partial charge is 0.279 e. The van der Waals surface area contributed by atoms with E-state index in [2.05, 4.69) is 21.2 Å². The third-order valence-electron chi connectivity index (χ3n) is 3.90.